The molecule has 1 fully saturated rings. The number of anilines is 1. The highest BCUT2D eigenvalue weighted by molar-refractivity contribution is 5.51. The van der Waals surface area contributed by atoms with Crippen molar-refractivity contribution in [2.45, 2.75) is 44.4 Å². The van der Waals surface area contributed by atoms with E-state index in [0.717, 1.165) is 44.5 Å². The lowest BCUT2D eigenvalue weighted by molar-refractivity contribution is 0.0628. The molecule has 1 heterocycles. The molecule has 0 bridgehead atoms. The first-order chi connectivity index (χ1) is 8.25. The van der Waals surface area contributed by atoms with Crippen molar-refractivity contribution in [1.29, 1.82) is 0 Å². The summed E-state index contributed by atoms with van der Waals surface area (Å²) in [5.74, 6) is 0. The van der Waals surface area contributed by atoms with E-state index in [1.165, 1.54) is 11.1 Å². The maximum Gasteiger partial charge on any atom is 0.0695 e. The largest absolute Gasteiger partial charge is 0.398 e. The van der Waals surface area contributed by atoms with E-state index in [-0.39, 0.29) is 6.10 Å². The average molecular weight is 232 g/mol. The standard InChI is InChI=1S/C14H20N2O/c15-12-4-1-3-10-7-8-16(9-11(10)12)13-5-2-6-14(13)17/h1,3-4,13-14,17H,2,5-9,15H2. The third-order valence-corrected chi connectivity index (χ3v) is 4.25. The molecule has 3 nitrogen and oxygen atoms in total. The van der Waals surface area contributed by atoms with E-state index >= 15 is 0 Å². The summed E-state index contributed by atoms with van der Waals surface area (Å²) in [5.41, 5.74) is 9.61. The van der Waals surface area contributed by atoms with Gasteiger partial charge < -0.3 is 10.8 Å². The van der Waals surface area contributed by atoms with Crippen LogP contribution in [0.25, 0.3) is 0 Å². The summed E-state index contributed by atoms with van der Waals surface area (Å²) in [6, 6.07) is 6.54. The summed E-state index contributed by atoms with van der Waals surface area (Å²) in [7, 11) is 0. The van der Waals surface area contributed by atoms with Crippen LogP contribution in [-0.4, -0.2) is 28.7 Å². The average Bonchev–Trinajstić information content (AvgIpc) is 2.76. The lowest BCUT2D eigenvalue weighted by Gasteiger charge is -2.35. The molecule has 0 aromatic heterocycles. The molecule has 0 amide bonds. The fraction of sp³-hybridized carbons (Fsp3) is 0.571. The molecular formula is C14H20N2O. The van der Waals surface area contributed by atoms with Crippen LogP contribution >= 0.6 is 0 Å². The normalized spacial score (nSPS) is 29.2. The van der Waals surface area contributed by atoms with Crippen LogP contribution in [0.2, 0.25) is 0 Å². The highest BCUT2D eigenvalue weighted by Crippen LogP contribution is 2.30. The van der Waals surface area contributed by atoms with Gasteiger partial charge in [0.05, 0.1) is 6.10 Å². The second-order valence-electron chi connectivity index (χ2n) is 5.27. The molecule has 3 rings (SSSR count). The summed E-state index contributed by atoms with van der Waals surface area (Å²) < 4.78 is 0. The zero-order chi connectivity index (χ0) is 11.8. The summed E-state index contributed by atoms with van der Waals surface area (Å²) in [4.78, 5) is 2.41. The van der Waals surface area contributed by atoms with Gasteiger partial charge in [0.25, 0.3) is 0 Å². The van der Waals surface area contributed by atoms with Crippen molar-refractivity contribution in [2.24, 2.45) is 0 Å². The molecule has 1 aromatic carbocycles. The van der Waals surface area contributed by atoms with Crippen LogP contribution < -0.4 is 5.73 Å². The molecule has 0 saturated heterocycles. The maximum absolute atomic E-state index is 9.99. The smallest absolute Gasteiger partial charge is 0.0695 e. The van der Waals surface area contributed by atoms with E-state index in [1.54, 1.807) is 0 Å². The van der Waals surface area contributed by atoms with Crippen LogP contribution in [0.3, 0.4) is 0 Å². The minimum atomic E-state index is -0.138. The zero-order valence-electron chi connectivity index (χ0n) is 10.1. The highest BCUT2D eigenvalue weighted by Gasteiger charge is 2.32. The van der Waals surface area contributed by atoms with E-state index in [4.69, 9.17) is 5.73 Å². The second kappa shape index (κ2) is 4.31. The first-order valence-corrected chi connectivity index (χ1v) is 6.54. The number of benzene rings is 1. The summed E-state index contributed by atoms with van der Waals surface area (Å²) >= 11 is 0. The predicted octanol–water partition coefficient (Wildman–Crippen LogP) is 1.54. The third-order valence-electron chi connectivity index (χ3n) is 4.25. The van der Waals surface area contributed by atoms with E-state index in [9.17, 15) is 5.11 Å². The van der Waals surface area contributed by atoms with Gasteiger partial charge in [-0.1, -0.05) is 12.1 Å². The van der Waals surface area contributed by atoms with Crippen LogP contribution in [0.4, 0.5) is 5.69 Å². The van der Waals surface area contributed by atoms with Crippen LogP contribution in [0, 0.1) is 0 Å². The van der Waals surface area contributed by atoms with Gasteiger partial charge in [-0.15, -0.1) is 0 Å². The highest BCUT2D eigenvalue weighted by atomic mass is 16.3. The lowest BCUT2D eigenvalue weighted by Crippen LogP contribution is -2.43. The predicted molar refractivity (Wildman–Crippen MR) is 68.6 cm³/mol. The summed E-state index contributed by atoms with van der Waals surface area (Å²) in [6.07, 6.45) is 4.16. The maximum atomic E-state index is 9.99. The molecule has 1 aliphatic carbocycles. The summed E-state index contributed by atoms with van der Waals surface area (Å²) in [5, 5.41) is 9.99. The monoisotopic (exact) mass is 232 g/mol. The third kappa shape index (κ3) is 1.94. The number of nitrogens with zero attached hydrogens (tertiary/aromatic N) is 1. The number of aliphatic hydroxyl groups excluding tert-OH is 1. The number of hydrogen-bond acceptors (Lipinski definition) is 3. The van der Waals surface area contributed by atoms with Crippen molar-refractivity contribution in [3.8, 4) is 0 Å². The van der Waals surface area contributed by atoms with Gasteiger partial charge in [0.2, 0.25) is 0 Å². The Hall–Kier alpha value is -1.06. The molecule has 92 valence electrons. The van der Waals surface area contributed by atoms with Gasteiger partial charge >= 0.3 is 0 Å². The van der Waals surface area contributed by atoms with Gasteiger partial charge in [0.15, 0.2) is 0 Å². The van der Waals surface area contributed by atoms with Gasteiger partial charge in [0, 0.05) is 24.8 Å². The Bertz CT molecular complexity index is 419. The number of rotatable bonds is 1. The quantitative estimate of drug-likeness (QED) is 0.722. The number of nitrogen functional groups attached to an aromatic ring is 1. The van der Waals surface area contributed by atoms with Crippen molar-refractivity contribution in [3.63, 3.8) is 0 Å². The summed E-state index contributed by atoms with van der Waals surface area (Å²) in [6.45, 7) is 1.96. The molecule has 3 heteroatoms. The SMILES string of the molecule is Nc1cccc2c1CN(C1CCCC1O)CC2. The fourth-order valence-corrected chi connectivity index (χ4v) is 3.26. The van der Waals surface area contributed by atoms with Crippen LogP contribution in [-0.2, 0) is 13.0 Å². The van der Waals surface area contributed by atoms with Crippen molar-refractivity contribution in [2.75, 3.05) is 12.3 Å². The number of nitrogens with two attached hydrogens (primary N) is 1. The van der Waals surface area contributed by atoms with E-state index in [0.29, 0.717) is 6.04 Å². The molecule has 1 aromatic rings. The molecular weight excluding hydrogens is 212 g/mol. The Kier molecular flexibility index (Phi) is 2.81. The number of aliphatic hydroxyl groups is 1. The van der Waals surface area contributed by atoms with E-state index in [1.807, 2.05) is 12.1 Å². The Labute approximate surface area is 102 Å². The molecule has 2 unspecified atom stereocenters. The van der Waals surface area contributed by atoms with Gasteiger partial charge in [-0.2, -0.15) is 0 Å². The van der Waals surface area contributed by atoms with E-state index in [2.05, 4.69) is 11.0 Å². The van der Waals surface area contributed by atoms with Crippen molar-refractivity contribution >= 4 is 5.69 Å². The van der Waals surface area contributed by atoms with Crippen molar-refractivity contribution in [3.05, 3.63) is 29.3 Å². The van der Waals surface area contributed by atoms with E-state index < -0.39 is 0 Å². The minimum absolute atomic E-state index is 0.138. The molecule has 3 N–H and O–H groups in total. The number of hydrogen-bond donors (Lipinski definition) is 2. The molecule has 0 radical (unpaired) electrons. The van der Waals surface area contributed by atoms with Crippen LogP contribution in [0.5, 0.6) is 0 Å². The lowest BCUT2D eigenvalue weighted by atomic mass is 9.96. The van der Waals surface area contributed by atoms with Gasteiger partial charge in [-0.05, 0) is 42.9 Å². The minimum Gasteiger partial charge on any atom is -0.398 e. The molecule has 1 aliphatic heterocycles. The fourth-order valence-electron chi connectivity index (χ4n) is 3.26. The molecule has 2 atom stereocenters. The molecule has 17 heavy (non-hydrogen) atoms. The van der Waals surface area contributed by atoms with Crippen molar-refractivity contribution < 1.29 is 5.11 Å². The first-order valence-electron chi connectivity index (χ1n) is 6.54. The second-order valence-corrected chi connectivity index (χ2v) is 5.27. The Morgan fingerprint density at radius 3 is 2.94 bits per heavy atom. The molecule has 0 spiro atoms. The Morgan fingerprint density at radius 2 is 2.18 bits per heavy atom. The van der Waals surface area contributed by atoms with Crippen LogP contribution in [0.15, 0.2) is 18.2 Å². The Morgan fingerprint density at radius 1 is 1.29 bits per heavy atom. The molecule has 1 saturated carbocycles. The first kappa shape index (κ1) is 11.1. The number of fused-ring (bicyclic) bond motifs is 1. The van der Waals surface area contributed by atoms with Crippen molar-refractivity contribution in [1.82, 2.24) is 4.90 Å². The van der Waals surface area contributed by atoms with Crippen LogP contribution in [0.1, 0.15) is 30.4 Å². The van der Waals surface area contributed by atoms with Gasteiger partial charge in [0.1, 0.15) is 0 Å². The zero-order valence-corrected chi connectivity index (χ0v) is 10.1. The molecule has 2 aliphatic rings. The van der Waals surface area contributed by atoms with Gasteiger partial charge in [-0.25, -0.2) is 0 Å². The van der Waals surface area contributed by atoms with Gasteiger partial charge in [-0.3, -0.25) is 4.90 Å². The Balaban J connectivity index is 1.82. The topological polar surface area (TPSA) is 49.5 Å².